The Labute approximate surface area is 127 Å². The van der Waals surface area contributed by atoms with Gasteiger partial charge in [0.2, 0.25) is 11.8 Å². The number of likely N-dealkylation sites (tertiary alicyclic amines) is 2. The Morgan fingerprint density at radius 2 is 1.71 bits per heavy atom. The van der Waals surface area contributed by atoms with Gasteiger partial charge in [-0.15, -0.1) is 0 Å². The van der Waals surface area contributed by atoms with E-state index in [-0.39, 0.29) is 17.7 Å². The maximum Gasteiger partial charge on any atom is 0.237 e. The van der Waals surface area contributed by atoms with Crippen molar-refractivity contribution in [2.75, 3.05) is 32.7 Å². The summed E-state index contributed by atoms with van der Waals surface area (Å²) in [7, 11) is 0. The normalized spacial score (nSPS) is 23.9. The first-order valence-corrected chi connectivity index (χ1v) is 7.92. The summed E-state index contributed by atoms with van der Waals surface area (Å²) in [6.07, 6.45) is 3.72. The zero-order chi connectivity index (χ0) is 15.5. The average molecular weight is 296 g/mol. The number of nitrogens with two attached hydrogens (primary N) is 1. The Morgan fingerprint density at radius 1 is 1.14 bits per heavy atom. The van der Waals surface area contributed by atoms with Gasteiger partial charge in [0, 0.05) is 19.0 Å². The molecule has 2 aliphatic rings. The quantitative estimate of drug-likeness (QED) is 0.447. The van der Waals surface area contributed by atoms with E-state index in [0.29, 0.717) is 37.9 Å². The molecule has 2 heterocycles. The third-order valence-electron chi connectivity index (χ3n) is 4.93. The van der Waals surface area contributed by atoms with Gasteiger partial charge in [-0.1, -0.05) is 13.8 Å². The molecule has 3 N–H and O–H groups in total. The van der Waals surface area contributed by atoms with Gasteiger partial charge in [-0.3, -0.25) is 19.9 Å². The molecule has 0 unspecified atom stereocenters. The molecule has 120 valence electrons. The Kier molecular flexibility index (Phi) is 5.22. The lowest BCUT2D eigenvalue weighted by atomic mass is 9.83. The molecule has 0 aromatic rings. The van der Waals surface area contributed by atoms with E-state index in [4.69, 9.17) is 5.84 Å². The first-order chi connectivity index (χ1) is 9.91. The molecule has 2 rings (SSSR count). The summed E-state index contributed by atoms with van der Waals surface area (Å²) in [6, 6.07) is 0. The topological polar surface area (TPSA) is 78.7 Å². The largest absolute Gasteiger partial charge is 0.342 e. The second kappa shape index (κ2) is 6.75. The third-order valence-corrected chi connectivity index (χ3v) is 4.93. The summed E-state index contributed by atoms with van der Waals surface area (Å²) in [4.78, 5) is 28.0. The first-order valence-electron chi connectivity index (χ1n) is 7.92. The van der Waals surface area contributed by atoms with Gasteiger partial charge >= 0.3 is 0 Å². The number of piperidine rings is 2. The highest BCUT2D eigenvalue weighted by atomic mass is 16.2. The highest BCUT2D eigenvalue weighted by Crippen LogP contribution is 2.29. The number of carbonyl (C=O) groups excluding carboxylic acids is 2. The second-order valence-corrected chi connectivity index (χ2v) is 7.10. The van der Waals surface area contributed by atoms with E-state index >= 15 is 0 Å². The molecule has 0 bridgehead atoms. The molecular formula is C15H28N4O2. The van der Waals surface area contributed by atoms with E-state index in [1.165, 1.54) is 0 Å². The Bertz CT molecular complexity index is 379. The van der Waals surface area contributed by atoms with Gasteiger partial charge in [0.15, 0.2) is 0 Å². The van der Waals surface area contributed by atoms with Crippen LogP contribution in [0.2, 0.25) is 0 Å². The summed E-state index contributed by atoms with van der Waals surface area (Å²) < 4.78 is 0. The standard InChI is InChI=1S/C15H28N4O2/c1-15(2)5-9-18(10-6-15)11-13(20)19-7-3-12(4-8-19)14(21)17-16/h12H,3-11,16H2,1-2H3,(H,17,21). The van der Waals surface area contributed by atoms with Gasteiger partial charge in [-0.2, -0.15) is 0 Å². The van der Waals surface area contributed by atoms with E-state index in [2.05, 4.69) is 24.2 Å². The summed E-state index contributed by atoms with van der Waals surface area (Å²) in [6.45, 7) is 8.44. The molecule has 6 nitrogen and oxygen atoms in total. The van der Waals surface area contributed by atoms with Crippen molar-refractivity contribution in [3.05, 3.63) is 0 Å². The fourth-order valence-corrected chi connectivity index (χ4v) is 3.12. The predicted molar refractivity (Wildman–Crippen MR) is 81.1 cm³/mol. The maximum absolute atomic E-state index is 12.3. The zero-order valence-corrected chi connectivity index (χ0v) is 13.2. The van der Waals surface area contributed by atoms with Crippen molar-refractivity contribution >= 4 is 11.8 Å². The number of hydrogen-bond donors (Lipinski definition) is 2. The van der Waals surface area contributed by atoms with Gasteiger partial charge in [0.05, 0.1) is 6.54 Å². The molecular weight excluding hydrogens is 268 g/mol. The fraction of sp³-hybridized carbons (Fsp3) is 0.867. The van der Waals surface area contributed by atoms with Crippen molar-refractivity contribution in [3.63, 3.8) is 0 Å². The molecule has 0 radical (unpaired) electrons. The minimum Gasteiger partial charge on any atom is -0.342 e. The van der Waals surface area contributed by atoms with E-state index in [9.17, 15) is 9.59 Å². The van der Waals surface area contributed by atoms with E-state index in [1.54, 1.807) is 0 Å². The van der Waals surface area contributed by atoms with Crippen LogP contribution in [-0.4, -0.2) is 54.3 Å². The van der Waals surface area contributed by atoms with Crippen LogP contribution in [0.3, 0.4) is 0 Å². The zero-order valence-electron chi connectivity index (χ0n) is 13.2. The van der Waals surface area contributed by atoms with Crippen molar-refractivity contribution in [1.82, 2.24) is 15.2 Å². The highest BCUT2D eigenvalue weighted by Gasteiger charge is 2.30. The minimum atomic E-state index is -0.111. The molecule has 2 saturated heterocycles. The summed E-state index contributed by atoms with van der Waals surface area (Å²) in [5.74, 6) is 5.19. The van der Waals surface area contributed by atoms with Crippen LogP contribution in [-0.2, 0) is 9.59 Å². The molecule has 0 spiro atoms. The number of rotatable bonds is 3. The highest BCUT2D eigenvalue weighted by molar-refractivity contribution is 5.80. The molecule has 0 aromatic heterocycles. The number of nitrogens with one attached hydrogen (secondary N) is 1. The number of amides is 2. The molecule has 2 amide bonds. The number of carbonyl (C=O) groups is 2. The summed E-state index contributed by atoms with van der Waals surface area (Å²) in [5, 5.41) is 0. The molecule has 6 heteroatoms. The third kappa shape index (κ3) is 4.41. The minimum absolute atomic E-state index is 0.0464. The van der Waals surface area contributed by atoms with Crippen molar-refractivity contribution < 1.29 is 9.59 Å². The molecule has 21 heavy (non-hydrogen) atoms. The molecule has 0 saturated carbocycles. The predicted octanol–water partition coefficient (Wildman–Crippen LogP) is 0.337. The van der Waals surface area contributed by atoms with Crippen molar-refractivity contribution in [1.29, 1.82) is 0 Å². The van der Waals surface area contributed by atoms with Crippen molar-refractivity contribution in [2.24, 2.45) is 17.2 Å². The van der Waals surface area contributed by atoms with Crippen LogP contribution in [0.4, 0.5) is 0 Å². The number of hydrogen-bond acceptors (Lipinski definition) is 4. The van der Waals surface area contributed by atoms with E-state index in [1.807, 2.05) is 4.90 Å². The molecule has 0 atom stereocenters. The first kappa shape index (κ1) is 16.2. The van der Waals surface area contributed by atoms with Crippen LogP contribution in [0.5, 0.6) is 0 Å². The number of hydrazine groups is 1. The van der Waals surface area contributed by atoms with Crippen LogP contribution < -0.4 is 11.3 Å². The van der Waals surface area contributed by atoms with Crippen LogP contribution in [0, 0.1) is 11.3 Å². The van der Waals surface area contributed by atoms with Gasteiger partial charge in [0.1, 0.15) is 0 Å². The van der Waals surface area contributed by atoms with E-state index < -0.39 is 0 Å². The maximum atomic E-state index is 12.3. The van der Waals surface area contributed by atoms with Crippen molar-refractivity contribution in [2.45, 2.75) is 39.5 Å². The van der Waals surface area contributed by atoms with E-state index in [0.717, 1.165) is 25.9 Å². The lowest BCUT2D eigenvalue weighted by molar-refractivity contribution is -0.137. The monoisotopic (exact) mass is 296 g/mol. The Balaban J connectivity index is 1.74. The summed E-state index contributed by atoms with van der Waals surface area (Å²) >= 11 is 0. The fourth-order valence-electron chi connectivity index (χ4n) is 3.12. The molecule has 2 aliphatic heterocycles. The van der Waals surface area contributed by atoms with Gasteiger partial charge < -0.3 is 4.90 Å². The lowest BCUT2D eigenvalue weighted by Crippen LogP contribution is -2.48. The van der Waals surface area contributed by atoms with Crippen LogP contribution in [0.25, 0.3) is 0 Å². The van der Waals surface area contributed by atoms with Crippen LogP contribution in [0.15, 0.2) is 0 Å². The lowest BCUT2D eigenvalue weighted by Gasteiger charge is -2.38. The van der Waals surface area contributed by atoms with Crippen LogP contribution in [0.1, 0.15) is 39.5 Å². The SMILES string of the molecule is CC1(C)CCN(CC(=O)N2CCC(C(=O)NN)CC2)CC1. The second-order valence-electron chi connectivity index (χ2n) is 7.10. The average Bonchev–Trinajstić information content (AvgIpc) is 2.48. The molecule has 0 aromatic carbocycles. The van der Waals surface area contributed by atoms with Crippen LogP contribution >= 0.6 is 0 Å². The smallest absolute Gasteiger partial charge is 0.237 e. The number of nitrogens with zero attached hydrogens (tertiary/aromatic N) is 2. The Hall–Kier alpha value is -1.14. The van der Waals surface area contributed by atoms with Crippen molar-refractivity contribution in [3.8, 4) is 0 Å². The van der Waals surface area contributed by atoms with Gasteiger partial charge in [-0.25, -0.2) is 5.84 Å². The van der Waals surface area contributed by atoms with Gasteiger partial charge in [0.25, 0.3) is 0 Å². The van der Waals surface area contributed by atoms with Gasteiger partial charge in [-0.05, 0) is 44.2 Å². The Morgan fingerprint density at radius 3 is 2.24 bits per heavy atom. The molecule has 2 fully saturated rings. The summed E-state index contributed by atoms with van der Waals surface area (Å²) in [5.41, 5.74) is 2.61. The molecule has 0 aliphatic carbocycles.